The molecule has 0 spiro atoms. The van der Waals surface area contributed by atoms with Crippen molar-refractivity contribution < 1.29 is 14.6 Å². The van der Waals surface area contributed by atoms with E-state index in [1.165, 1.54) is 0 Å². The monoisotopic (exact) mass is 507 g/mol. The van der Waals surface area contributed by atoms with Crippen molar-refractivity contribution in [2.24, 2.45) is 10.7 Å². The van der Waals surface area contributed by atoms with Gasteiger partial charge in [-0.25, -0.2) is 4.99 Å². The number of hydrogen-bond acceptors (Lipinski definition) is 4. The Morgan fingerprint density at radius 2 is 1.88 bits per heavy atom. The van der Waals surface area contributed by atoms with E-state index in [0.29, 0.717) is 22.5 Å². The average molecular weight is 508 g/mol. The summed E-state index contributed by atoms with van der Waals surface area (Å²) in [6.07, 6.45) is 0. The zero-order valence-electron chi connectivity index (χ0n) is 13.2. The molecule has 0 radical (unpaired) electrons. The molecule has 0 saturated carbocycles. The van der Waals surface area contributed by atoms with Crippen molar-refractivity contribution in [3.63, 3.8) is 0 Å². The molecule has 0 unspecified atom stereocenters. The number of hydrogen-bond donors (Lipinski definition) is 3. The predicted octanol–water partition coefficient (Wildman–Crippen LogP) is 3.72. The quantitative estimate of drug-likeness (QED) is 0.326. The summed E-state index contributed by atoms with van der Waals surface area (Å²) < 4.78 is 11.0. The molecular weight excluding hydrogens is 489 g/mol. The van der Waals surface area contributed by atoms with E-state index >= 15 is 0 Å². The Kier molecular flexibility index (Phi) is 8.13. The fourth-order valence-electron chi connectivity index (χ4n) is 1.93. The first kappa shape index (κ1) is 20.4. The van der Waals surface area contributed by atoms with Crippen LogP contribution in [0.5, 0.6) is 17.2 Å². The van der Waals surface area contributed by atoms with Gasteiger partial charge in [0.25, 0.3) is 0 Å². The van der Waals surface area contributed by atoms with Gasteiger partial charge in [0.2, 0.25) is 0 Å². The molecule has 0 aromatic heterocycles. The molecule has 0 amide bonds. The van der Waals surface area contributed by atoms with E-state index in [4.69, 9.17) is 15.2 Å². The third-order valence-corrected chi connectivity index (χ3v) is 3.74. The first-order valence-corrected chi connectivity index (χ1v) is 7.59. The standard InChI is InChI=1S/C16H18BrN3O3.HI/c1-22-14-6-4-11(8-15(14)23-2)20-16(18)19-9-10-3-5-13(21)12(17)7-10;/h3-8,21H,9H2,1-2H3,(H3,18,19,20);1H. The number of aromatic hydroxyl groups is 1. The van der Waals surface area contributed by atoms with Crippen molar-refractivity contribution in [3.05, 3.63) is 46.4 Å². The number of anilines is 1. The summed E-state index contributed by atoms with van der Waals surface area (Å²) in [6.45, 7) is 0.394. The Morgan fingerprint density at radius 3 is 2.50 bits per heavy atom. The summed E-state index contributed by atoms with van der Waals surface area (Å²) in [5.41, 5.74) is 7.56. The summed E-state index contributed by atoms with van der Waals surface area (Å²) in [4.78, 5) is 4.27. The van der Waals surface area contributed by atoms with Crippen LogP contribution in [0.2, 0.25) is 0 Å². The van der Waals surface area contributed by atoms with E-state index in [1.807, 2.05) is 6.07 Å². The zero-order valence-corrected chi connectivity index (χ0v) is 17.2. The predicted molar refractivity (Wildman–Crippen MR) is 110 cm³/mol. The molecule has 6 nitrogen and oxygen atoms in total. The SMILES string of the molecule is COc1ccc(NC(N)=NCc2ccc(O)c(Br)c2)cc1OC.I. The van der Waals surface area contributed by atoms with E-state index < -0.39 is 0 Å². The molecule has 0 aliphatic carbocycles. The molecule has 0 aliphatic heterocycles. The molecule has 0 atom stereocenters. The highest BCUT2D eigenvalue weighted by atomic mass is 127. The van der Waals surface area contributed by atoms with Gasteiger partial charge in [-0.1, -0.05) is 6.07 Å². The van der Waals surface area contributed by atoms with Crippen LogP contribution in [0.4, 0.5) is 5.69 Å². The molecule has 24 heavy (non-hydrogen) atoms. The first-order chi connectivity index (χ1) is 11.0. The zero-order chi connectivity index (χ0) is 16.8. The third-order valence-electron chi connectivity index (χ3n) is 3.10. The lowest BCUT2D eigenvalue weighted by molar-refractivity contribution is 0.355. The summed E-state index contributed by atoms with van der Waals surface area (Å²) in [7, 11) is 3.15. The minimum absolute atomic E-state index is 0. The van der Waals surface area contributed by atoms with Crippen molar-refractivity contribution in [3.8, 4) is 17.2 Å². The van der Waals surface area contributed by atoms with Crippen molar-refractivity contribution in [1.82, 2.24) is 0 Å². The van der Waals surface area contributed by atoms with Crippen molar-refractivity contribution >= 4 is 51.6 Å². The van der Waals surface area contributed by atoms with Gasteiger partial charge in [-0.2, -0.15) is 0 Å². The number of methoxy groups -OCH3 is 2. The van der Waals surface area contributed by atoms with E-state index in [-0.39, 0.29) is 35.7 Å². The number of guanidine groups is 1. The Hall–Kier alpha value is -1.68. The van der Waals surface area contributed by atoms with Gasteiger partial charge in [-0.15, -0.1) is 24.0 Å². The van der Waals surface area contributed by atoms with Gasteiger partial charge in [-0.05, 0) is 45.8 Å². The van der Waals surface area contributed by atoms with Crippen molar-refractivity contribution in [2.45, 2.75) is 6.54 Å². The number of ether oxygens (including phenoxy) is 2. The van der Waals surface area contributed by atoms with Gasteiger partial charge in [0, 0.05) is 11.8 Å². The van der Waals surface area contributed by atoms with Gasteiger partial charge in [0.1, 0.15) is 5.75 Å². The highest BCUT2D eigenvalue weighted by Crippen LogP contribution is 2.29. The Morgan fingerprint density at radius 1 is 1.17 bits per heavy atom. The van der Waals surface area contributed by atoms with Crippen molar-refractivity contribution in [2.75, 3.05) is 19.5 Å². The number of benzene rings is 2. The molecule has 0 saturated heterocycles. The van der Waals surface area contributed by atoms with Crippen LogP contribution < -0.4 is 20.5 Å². The number of phenols is 1. The molecule has 2 rings (SSSR count). The lowest BCUT2D eigenvalue weighted by atomic mass is 10.2. The molecular formula is C16H19BrIN3O3. The fourth-order valence-corrected chi connectivity index (χ4v) is 2.35. The first-order valence-electron chi connectivity index (χ1n) is 6.80. The summed E-state index contributed by atoms with van der Waals surface area (Å²) >= 11 is 3.27. The van der Waals surface area contributed by atoms with E-state index in [0.717, 1.165) is 11.3 Å². The lowest BCUT2D eigenvalue weighted by Gasteiger charge is -2.11. The second-order valence-electron chi connectivity index (χ2n) is 4.68. The smallest absolute Gasteiger partial charge is 0.193 e. The Labute approximate surface area is 166 Å². The van der Waals surface area contributed by atoms with E-state index in [1.54, 1.807) is 44.6 Å². The van der Waals surface area contributed by atoms with Gasteiger partial charge in [-0.3, -0.25) is 0 Å². The summed E-state index contributed by atoms with van der Waals surface area (Å²) in [6, 6.07) is 10.6. The topological polar surface area (TPSA) is 89.1 Å². The molecule has 0 bridgehead atoms. The van der Waals surface area contributed by atoms with Crippen LogP contribution in [0.25, 0.3) is 0 Å². The van der Waals surface area contributed by atoms with E-state index in [9.17, 15) is 5.11 Å². The molecule has 0 aliphatic rings. The second-order valence-corrected chi connectivity index (χ2v) is 5.54. The van der Waals surface area contributed by atoms with Gasteiger partial charge >= 0.3 is 0 Å². The van der Waals surface area contributed by atoms with Crippen LogP contribution in [-0.4, -0.2) is 25.3 Å². The normalized spacial score (nSPS) is 10.7. The van der Waals surface area contributed by atoms with Crippen molar-refractivity contribution in [1.29, 1.82) is 0 Å². The van der Waals surface area contributed by atoms with Gasteiger partial charge in [0.15, 0.2) is 17.5 Å². The number of aliphatic imine (C=N–C) groups is 1. The van der Waals surface area contributed by atoms with Crippen LogP contribution >= 0.6 is 39.9 Å². The minimum atomic E-state index is 0. The molecule has 130 valence electrons. The molecule has 0 heterocycles. The number of rotatable bonds is 5. The van der Waals surface area contributed by atoms with E-state index in [2.05, 4.69) is 26.2 Å². The average Bonchev–Trinajstić information content (AvgIpc) is 2.55. The van der Waals surface area contributed by atoms with Crippen LogP contribution in [0.3, 0.4) is 0 Å². The minimum Gasteiger partial charge on any atom is -0.507 e. The molecule has 2 aromatic carbocycles. The van der Waals surface area contributed by atoms with Crippen LogP contribution in [0.1, 0.15) is 5.56 Å². The number of nitrogens with zero attached hydrogens (tertiary/aromatic N) is 1. The molecule has 2 aromatic rings. The lowest BCUT2D eigenvalue weighted by Crippen LogP contribution is -2.22. The number of nitrogens with two attached hydrogens (primary N) is 1. The molecule has 4 N–H and O–H groups in total. The molecule has 0 fully saturated rings. The summed E-state index contributed by atoms with van der Waals surface area (Å²) in [5, 5.41) is 12.5. The van der Waals surface area contributed by atoms with Crippen LogP contribution in [-0.2, 0) is 6.54 Å². The maximum Gasteiger partial charge on any atom is 0.193 e. The largest absolute Gasteiger partial charge is 0.507 e. The highest BCUT2D eigenvalue weighted by molar-refractivity contribution is 14.0. The molecule has 8 heteroatoms. The maximum atomic E-state index is 9.47. The van der Waals surface area contributed by atoms with Crippen LogP contribution in [0, 0.1) is 0 Å². The Balaban J connectivity index is 0.00000288. The second kappa shape index (κ2) is 9.58. The van der Waals surface area contributed by atoms with Gasteiger partial charge < -0.3 is 25.6 Å². The third kappa shape index (κ3) is 5.45. The summed E-state index contributed by atoms with van der Waals surface area (Å²) in [5.74, 6) is 1.71. The number of halogens is 2. The number of phenolic OH excluding ortho intramolecular Hbond substituents is 1. The highest BCUT2D eigenvalue weighted by Gasteiger charge is 2.05. The maximum absolute atomic E-state index is 9.47. The van der Waals surface area contributed by atoms with Gasteiger partial charge in [0.05, 0.1) is 25.2 Å². The van der Waals surface area contributed by atoms with Crippen LogP contribution in [0.15, 0.2) is 45.9 Å². The fraction of sp³-hybridized carbons (Fsp3) is 0.188. The Bertz CT molecular complexity index is 726. The number of nitrogens with one attached hydrogen (secondary N) is 1.